The van der Waals surface area contributed by atoms with Crippen molar-refractivity contribution in [3.8, 4) is 0 Å². The summed E-state index contributed by atoms with van der Waals surface area (Å²) in [5, 5.41) is 4.25. The summed E-state index contributed by atoms with van der Waals surface area (Å²) in [5.74, 6) is 1.87. The van der Waals surface area contributed by atoms with Crippen LogP contribution in [0.4, 0.5) is 0 Å². The van der Waals surface area contributed by atoms with Gasteiger partial charge in [-0.05, 0) is 43.2 Å². The number of nitrogens with two attached hydrogens (primary N) is 1. The van der Waals surface area contributed by atoms with E-state index in [1.54, 1.807) is 0 Å². The number of hydrogen-bond donors (Lipinski definition) is 1. The minimum Gasteiger partial charge on any atom is -0.339 e. The fourth-order valence-electron chi connectivity index (χ4n) is 3.27. The minimum atomic E-state index is -0.0144. The molecule has 1 aromatic carbocycles. The van der Waals surface area contributed by atoms with Gasteiger partial charge in [-0.3, -0.25) is 0 Å². The molecule has 2 aromatic rings. The third kappa shape index (κ3) is 1.79. The SMILES string of the molecule is NCC1(c2nc(C3CCCc4ccccc43)no2)CC1. The summed E-state index contributed by atoms with van der Waals surface area (Å²) < 4.78 is 5.51. The number of aryl methyl sites for hydroxylation is 1. The molecule has 0 bridgehead atoms. The summed E-state index contributed by atoms with van der Waals surface area (Å²) in [7, 11) is 0. The van der Waals surface area contributed by atoms with E-state index in [0.29, 0.717) is 6.54 Å². The number of nitrogens with zero attached hydrogens (tertiary/aromatic N) is 2. The van der Waals surface area contributed by atoms with Gasteiger partial charge >= 0.3 is 0 Å². The normalized spacial score (nSPS) is 23.4. The van der Waals surface area contributed by atoms with Crippen LogP contribution in [0.15, 0.2) is 28.8 Å². The number of aromatic nitrogens is 2. The molecule has 0 spiro atoms. The van der Waals surface area contributed by atoms with E-state index in [1.807, 2.05) is 0 Å². The predicted octanol–water partition coefficient (Wildman–Crippen LogP) is 2.53. The van der Waals surface area contributed by atoms with Crippen molar-refractivity contribution in [2.45, 2.75) is 43.4 Å². The van der Waals surface area contributed by atoms with Gasteiger partial charge in [0.2, 0.25) is 5.89 Å². The third-order valence-corrected chi connectivity index (χ3v) is 4.82. The highest BCUT2D eigenvalue weighted by Gasteiger charge is 2.48. The Hall–Kier alpha value is -1.68. The highest BCUT2D eigenvalue weighted by Crippen LogP contribution is 2.47. The molecule has 104 valence electrons. The van der Waals surface area contributed by atoms with Crippen molar-refractivity contribution in [3.63, 3.8) is 0 Å². The van der Waals surface area contributed by atoms with Crippen molar-refractivity contribution in [1.82, 2.24) is 10.1 Å². The van der Waals surface area contributed by atoms with Crippen LogP contribution in [0.1, 0.15) is 54.4 Å². The molecule has 1 saturated carbocycles. The zero-order valence-corrected chi connectivity index (χ0v) is 11.5. The Morgan fingerprint density at radius 2 is 2.15 bits per heavy atom. The van der Waals surface area contributed by atoms with Crippen molar-refractivity contribution in [1.29, 1.82) is 0 Å². The number of rotatable bonds is 3. The standard InChI is InChI=1S/C16H19N3O/c17-10-16(8-9-16)15-18-14(19-20-15)13-7-3-5-11-4-1-2-6-12(11)13/h1-2,4,6,13H,3,5,7-10,17H2. The Bertz CT molecular complexity index is 630. The van der Waals surface area contributed by atoms with Crippen molar-refractivity contribution in [2.24, 2.45) is 5.73 Å². The van der Waals surface area contributed by atoms with Crippen molar-refractivity contribution in [3.05, 3.63) is 47.1 Å². The lowest BCUT2D eigenvalue weighted by Gasteiger charge is -2.22. The van der Waals surface area contributed by atoms with Crippen LogP contribution in [0, 0.1) is 0 Å². The van der Waals surface area contributed by atoms with Gasteiger partial charge in [0, 0.05) is 12.5 Å². The first-order valence-electron chi connectivity index (χ1n) is 7.44. The summed E-state index contributed by atoms with van der Waals surface area (Å²) in [6.45, 7) is 0.607. The second kappa shape index (κ2) is 4.42. The Morgan fingerprint density at radius 3 is 2.95 bits per heavy atom. The lowest BCUT2D eigenvalue weighted by Crippen LogP contribution is -2.20. The van der Waals surface area contributed by atoms with E-state index in [0.717, 1.165) is 37.4 Å². The van der Waals surface area contributed by atoms with Crippen LogP contribution in [-0.2, 0) is 11.8 Å². The Balaban J connectivity index is 1.69. The predicted molar refractivity (Wildman–Crippen MR) is 75.5 cm³/mol. The highest BCUT2D eigenvalue weighted by molar-refractivity contribution is 5.36. The van der Waals surface area contributed by atoms with Gasteiger partial charge in [0.15, 0.2) is 5.82 Å². The average Bonchev–Trinajstić information content (AvgIpc) is 3.16. The number of benzene rings is 1. The smallest absolute Gasteiger partial charge is 0.234 e. The molecule has 0 saturated heterocycles. The van der Waals surface area contributed by atoms with Gasteiger partial charge in [-0.2, -0.15) is 4.98 Å². The van der Waals surface area contributed by atoms with Gasteiger partial charge < -0.3 is 10.3 Å². The van der Waals surface area contributed by atoms with Crippen LogP contribution < -0.4 is 5.73 Å². The molecule has 1 atom stereocenters. The fourth-order valence-corrected chi connectivity index (χ4v) is 3.27. The van der Waals surface area contributed by atoms with E-state index < -0.39 is 0 Å². The molecule has 0 amide bonds. The molecule has 1 fully saturated rings. The third-order valence-electron chi connectivity index (χ3n) is 4.82. The monoisotopic (exact) mass is 269 g/mol. The number of hydrogen-bond acceptors (Lipinski definition) is 4. The Labute approximate surface area is 118 Å². The summed E-state index contributed by atoms with van der Waals surface area (Å²) in [6.07, 6.45) is 5.60. The van der Waals surface area contributed by atoms with Crippen LogP contribution in [0.25, 0.3) is 0 Å². The Kier molecular flexibility index (Phi) is 2.67. The molecule has 1 heterocycles. The molecule has 0 radical (unpaired) electrons. The molecule has 2 aliphatic rings. The average molecular weight is 269 g/mol. The summed E-state index contributed by atoms with van der Waals surface area (Å²) in [5.41, 5.74) is 8.61. The zero-order chi connectivity index (χ0) is 13.6. The quantitative estimate of drug-likeness (QED) is 0.930. The first kappa shape index (κ1) is 12.1. The van der Waals surface area contributed by atoms with E-state index >= 15 is 0 Å². The van der Waals surface area contributed by atoms with E-state index in [2.05, 4.69) is 34.4 Å². The largest absolute Gasteiger partial charge is 0.339 e. The van der Waals surface area contributed by atoms with Crippen molar-refractivity contribution in [2.75, 3.05) is 6.54 Å². The maximum absolute atomic E-state index is 5.84. The topological polar surface area (TPSA) is 64.9 Å². The molecule has 20 heavy (non-hydrogen) atoms. The molecular formula is C16H19N3O. The van der Waals surface area contributed by atoms with Crippen molar-refractivity contribution < 1.29 is 4.52 Å². The lowest BCUT2D eigenvalue weighted by molar-refractivity contribution is 0.341. The second-order valence-electron chi connectivity index (χ2n) is 6.09. The highest BCUT2D eigenvalue weighted by atomic mass is 16.5. The van der Waals surface area contributed by atoms with Gasteiger partial charge in [0.05, 0.1) is 5.41 Å². The molecule has 4 nitrogen and oxygen atoms in total. The van der Waals surface area contributed by atoms with Gasteiger partial charge in [0.1, 0.15) is 0 Å². The molecule has 1 aromatic heterocycles. The van der Waals surface area contributed by atoms with E-state index in [9.17, 15) is 0 Å². The molecule has 4 rings (SSSR count). The lowest BCUT2D eigenvalue weighted by atomic mass is 9.82. The summed E-state index contributed by atoms with van der Waals surface area (Å²) in [6, 6.07) is 8.62. The Morgan fingerprint density at radius 1 is 1.30 bits per heavy atom. The summed E-state index contributed by atoms with van der Waals surface area (Å²) in [4.78, 5) is 4.68. The van der Waals surface area contributed by atoms with Gasteiger partial charge in [-0.25, -0.2) is 0 Å². The van der Waals surface area contributed by atoms with Crippen LogP contribution in [0.5, 0.6) is 0 Å². The van der Waals surface area contributed by atoms with E-state index in [1.165, 1.54) is 17.5 Å². The maximum Gasteiger partial charge on any atom is 0.234 e. The zero-order valence-electron chi connectivity index (χ0n) is 11.5. The van der Waals surface area contributed by atoms with E-state index in [4.69, 9.17) is 10.3 Å². The molecule has 2 N–H and O–H groups in total. The molecule has 1 unspecified atom stereocenters. The first-order chi connectivity index (χ1) is 9.82. The van der Waals surface area contributed by atoms with Crippen LogP contribution in [0.3, 0.4) is 0 Å². The van der Waals surface area contributed by atoms with Crippen LogP contribution in [-0.4, -0.2) is 16.7 Å². The van der Waals surface area contributed by atoms with Gasteiger partial charge in [-0.15, -0.1) is 0 Å². The maximum atomic E-state index is 5.84. The fraction of sp³-hybridized carbons (Fsp3) is 0.500. The second-order valence-corrected chi connectivity index (χ2v) is 6.09. The van der Waals surface area contributed by atoms with Gasteiger partial charge in [0.25, 0.3) is 0 Å². The van der Waals surface area contributed by atoms with Crippen molar-refractivity contribution >= 4 is 0 Å². The van der Waals surface area contributed by atoms with Crippen LogP contribution in [0.2, 0.25) is 0 Å². The van der Waals surface area contributed by atoms with Crippen LogP contribution >= 0.6 is 0 Å². The first-order valence-corrected chi connectivity index (χ1v) is 7.44. The molecular weight excluding hydrogens is 250 g/mol. The number of fused-ring (bicyclic) bond motifs is 1. The van der Waals surface area contributed by atoms with Gasteiger partial charge in [-0.1, -0.05) is 29.4 Å². The molecule has 0 aliphatic heterocycles. The summed E-state index contributed by atoms with van der Waals surface area (Å²) >= 11 is 0. The molecule has 4 heteroatoms. The van der Waals surface area contributed by atoms with E-state index in [-0.39, 0.29) is 11.3 Å². The minimum absolute atomic E-state index is 0.0144. The molecule has 2 aliphatic carbocycles.